The van der Waals surface area contributed by atoms with Gasteiger partial charge >= 0.3 is 0 Å². The summed E-state index contributed by atoms with van der Waals surface area (Å²) in [5.41, 5.74) is -0.522. The van der Waals surface area contributed by atoms with E-state index in [4.69, 9.17) is 5.26 Å². The van der Waals surface area contributed by atoms with Crippen LogP contribution < -0.4 is 4.72 Å². The van der Waals surface area contributed by atoms with E-state index in [1.54, 1.807) is 18.2 Å². The molecule has 0 atom stereocenters. The van der Waals surface area contributed by atoms with Gasteiger partial charge in [-0.25, -0.2) is 17.8 Å². The molecular formula is C12H8FN3O2S. The predicted molar refractivity (Wildman–Crippen MR) is 66.2 cm³/mol. The van der Waals surface area contributed by atoms with Crippen LogP contribution in [0.1, 0.15) is 5.56 Å². The highest BCUT2D eigenvalue weighted by Gasteiger charge is 2.21. The van der Waals surface area contributed by atoms with Gasteiger partial charge in [0.2, 0.25) is 0 Å². The van der Waals surface area contributed by atoms with Gasteiger partial charge in [-0.3, -0.25) is 4.72 Å². The third kappa shape index (κ3) is 2.69. The Morgan fingerprint density at radius 3 is 2.63 bits per heavy atom. The van der Waals surface area contributed by atoms with Crippen molar-refractivity contribution in [3.8, 4) is 6.07 Å². The van der Waals surface area contributed by atoms with E-state index in [0.717, 1.165) is 12.1 Å². The number of nitrogens with one attached hydrogen (secondary N) is 1. The monoisotopic (exact) mass is 277 g/mol. The molecule has 1 heterocycles. The Morgan fingerprint density at radius 1 is 1.21 bits per heavy atom. The number of pyridine rings is 1. The highest BCUT2D eigenvalue weighted by Crippen LogP contribution is 2.20. The second-order valence-electron chi connectivity index (χ2n) is 3.55. The summed E-state index contributed by atoms with van der Waals surface area (Å²) in [6.07, 6.45) is 1.41. The maximum Gasteiger partial charge on any atom is 0.264 e. The summed E-state index contributed by atoms with van der Waals surface area (Å²) in [7, 11) is -4.05. The molecular weight excluding hydrogens is 269 g/mol. The number of nitrogens with zero attached hydrogens (tertiary/aromatic N) is 2. The molecule has 0 fully saturated rings. The van der Waals surface area contributed by atoms with Crippen LogP contribution in [0.25, 0.3) is 0 Å². The number of hydrogen-bond acceptors (Lipinski definition) is 4. The smallest absolute Gasteiger partial charge is 0.263 e. The number of nitriles is 1. The molecule has 5 nitrogen and oxygen atoms in total. The molecule has 96 valence electrons. The number of halogens is 1. The lowest BCUT2D eigenvalue weighted by molar-refractivity contribution is 0.593. The fraction of sp³-hybridized carbons (Fsp3) is 0. The Kier molecular flexibility index (Phi) is 3.44. The van der Waals surface area contributed by atoms with Crippen LogP contribution in [0.3, 0.4) is 0 Å². The van der Waals surface area contributed by atoms with Crippen molar-refractivity contribution in [2.45, 2.75) is 4.90 Å². The molecule has 0 unspecified atom stereocenters. The van der Waals surface area contributed by atoms with Crippen LogP contribution >= 0.6 is 0 Å². The van der Waals surface area contributed by atoms with Gasteiger partial charge in [-0.05, 0) is 24.3 Å². The minimum absolute atomic E-state index is 0.0932. The Labute approximate surface area is 109 Å². The Hall–Kier alpha value is -2.46. The first-order valence-corrected chi connectivity index (χ1v) is 6.65. The van der Waals surface area contributed by atoms with Crippen molar-refractivity contribution in [1.29, 1.82) is 5.26 Å². The van der Waals surface area contributed by atoms with Crippen LogP contribution in [0.2, 0.25) is 0 Å². The molecule has 2 aromatic rings. The third-order valence-corrected chi connectivity index (χ3v) is 3.68. The normalized spacial score (nSPS) is 10.7. The maximum atomic E-state index is 13.4. The minimum Gasteiger partial charge on any atom is -0.263 e. The molecule has 0 radical (unpaired) electrons. The number of aromatic nitrogens is 1. The first-order chi connectivity index (χ1) is 9.04. The van der Waals surface area contributed by atoms with Crippen LogP contribution in [0.5, 0.6) is 0 Å². The van der Waals surface area contributed by atoms with Gasteiger partial charge in [-0.2, -0.15) is 5.26 Å². The fourth-order valence-electron chi connectivity index (χ4n) is 1.45. The van der Waals surface area contributed by atoms with E-state index in [-0.39, 0.29) is 5.82 Å². The van der Waals surface area contributed by atoms with Crippen molar-refractivity contribution < 1.29 is 12.8 Å². The molecule has 0 bridgehead atoms. The van der Waals surface area contributed by atoms with Gasteiger partial charge in [0.05, 0.1) is 0 Å². The average molecular weight is 277 g/mol. The molecule has 0 saturated heterocycles. The van der Waals surface area contributed by atoms with Gasteiger partial charge in [0, 0.05) is 6.20 Å². The summed E-state index contributed by atoms with van der Waals surface area (Å²) in [4.78, 5) is 3.38. The number of anilines is 1. The van der Waals surface area contributed by atoms with Gasteiger partial charge in [-0.15, -0.1) is 0 Å². The lowest BCUT2D eigenvalue weighted by atomic mass is 10.2. The molecule has 1 N–H and O–H groups in total. The Morgan fingerprint density at radius 2 is 2.00 bits per heavy atom. The van der Waals surface area contributed by atoms with Crippen molar-refractivity contribution in [3.63, 3.8) is 0 Å². The van der Waals surface area contributed by atoms with E-state index in [2.05, 4.69) is 9.71 Å². The highest BCUT2D eigenvalue weighted by atomic mass is 32.2. The van der Waals surface area contributed by atoms with Crippen LogP contribution in [0.4, 0.5) is 10.2 Å². The van der Waals surface area contributed by atoms with E-state index in [1.807, 2.05) is 0 Å². The first-order valence-electron chi connectivity index (χ1n) is 5.17. The predicted octanol–water partition coefficient (Wildman–Crippen LogP) is 1.89. The van der Waals surface area contributed by atoms with Crippen LogP contribution in [-0.4, -0.2) is 13.4 Å². The van der Waals surface area contributed by atoms with Crippen molar-refractivity contribution in [2.75, 3.05) is 4.72 Å². The summed E-state index contributed by atoms with van der Waals surface area (Å²) in [6, 6.07) is 9.62. The summed E-state index contributed by atoms with van der Waals surface area (Å²) < 4.78 is 39.7. The van der Waals surface area contributed by atoms with Crippen LogP contribution in [0, 0.1) is 17.1 Å². The van der Waals surface area contributed by atoms with Crippen molar-refractivity contribution in [3.05, 3.63) is 54.0 Å². The lowest BCUT2D eigenvalue weighted by Crippen LogP contribution is -2.15. The van der Waals surface area contributed by atoms with Gasteiger partial charge in [0.15, 0.2) is 0 Å². The Balaban J connectivity index is 2.47. The standard InChI is InChI=1S/C12H8FN3O2S/c13-10-4-3-5-11(9(10)8-14)19(17,18)16-12-6-1-2-7-15-12/h1-7H,(H,15,16). The van der Waals surface area contributed by atoms with Gasteiger partial charge in [-0.1, -0.05) is 12.1 Å². The fourth-order valence-corrected chi connectivity index (χ4v) is 2.63. The SMILES string of the molecule is N#Cc1c(F)cccc1S(=O)(=O)Nc1ccccn1. The van der Waals surface area contributed by atoms with Crippen LogP contribution in [-0.2, 0) is 10.0 Å². The molecule has 1 aromatic heterocycles. The van der Waals surface area contributed by atoms with Gasteiger partial charge in [0.1, 0.15) is 28.2 Å². The quantitative estimate of drug-likeness (QED) is 0.928. The van der Waals surface area contributed by atoms with Gasteiger partial charge in [0.25, 0.3) is 10.0 Å². The number of sulfonamides is 1. The van der Waals surface area contributed by atoms with Crippen molar-refractivity contribution in [2.24, 2.45) is 0 Å². The van der Waals surface area contributed by atoms with E-state index < -0.39 is 26.3 Å². The van der Waals surface area contributed by atoms with Crippen molar-refractivity contribution in [1.82, 2.24) is 4.98 Å². The first kappa shape index (κ1) is 13.0. The minimum atomic E-state index is -4.05. The molecule has 0 aliphatic rings. The molecule has 0 saturated carbocycles. The lowest BCUT2D eigenvalue weighted by Gasteiger charge is -2.08. The zero-order chi connectivity index (χ0) is 13.9. The average Bonchev–Trinajstić information content (AvgIpc) is 2.39. The second-order valence-corrected chi connectivity index (χ2v) is 5.20. The number of benzene rings is 1. The third-order valence-electron chi connectivity index (χ3n) is 2.28. The molecule has 2 rings (SSSR count). The summed E-state index contributed by atoms with van der Waals surface area (Å²) in [6.45, 7) is 0. The molecule has 1 aromatic carbocycles. The summed E-state index contributed by atoms with van der Waals surface area (Å²) in [5, 5.41) is 8.83. The highest BCUT2D eigenvalue weighted by molar-refractivity contribution is 7.92. The van der Waals surface area contributed by atoms with Crippen LogP contribution in [0.15, 0.2) is 47.5 Å². The zero-order valence-electron chi connectivity index (χ0n) is 9.54. The topological polar surface area (TPSA) is 82.8 Å². The molecule has 0 aliphatic heterocycles. The van der Waals surface area contributed by atoms with E-state index >= 15 is 0 Å². The molecule has 0 aliphatic carbocycles. The largest absolute Gasteiger partial charge is 0.264 e. The van der Waals surface area contributed by atoms with E-state index in [1.165, 1.54) is 18.3 Å². The van der Waals surface area contributed by atoms with Gasteiger partial charge < -0.3 is 0 Å². The summed E-state index contributed by atoms with van der Waals surface area (Å²) >= 11 is 0. The number of hydrogen-bond donors (Lipinski definition) is 1. The van der Waals surface area contributed by atoms with E-state index in [9.17, 15) is 12.8 Å². The van der Waals surface area contributed by atoms with E-state index in [0.29, 0.717) is 0 Å². The zero-order valence-corrected chi connectivity index (χ0v) is 10.4. The van der Waals surface area contributed by atoms with Crippen molar-refractivity contribution >= 4 is 15.8 Å². The summed E-state index contributed by atoms with van der Waals surface area (Å²) in [5.74, 6) is -0.790. The molecule has 7 heteroatoms. The Bertz CT molecular complexity index is 739. The second kappa shape index (κ2) is 5.04. The molecule has 19 heavy (non-hydrogen) atoms. The maximum absolute atomic E-state index is 13.4. The molecule has 0 amide bonds. The number of rotatable bonds is 3. The molecule has 0 spiro atoms.